The van der Waals surface area contributed by atoms with E-state index in [0.29, 0.717) is 39.1 Å². The van der Waals surface area contributed by atoms with E-state index >= 15 is 0 Å². The van der Waals surface area contributed by atoms with Crippen LogP contribution in [0.3, 0.4) is 0 Å². The number of amides is 3. The van der Waals surface area contributed by atoms with Crippen molar-refractivity contribution in [3.63, 3.8) is 0 Å². The Bertz CT molecular complexity index is 1460. The second kappa shape index (κ2) is 14.2. The summed E-state index contributed by atoms with van der Waals surface area (Å²) >= 11 is 6.53. The number of carbonyl (C=O) groups is 4. The van der Waals surface area contributed by atoms with E-state index in [-0.39, 0.29) is 18.9 Å². The third-order valence-corrected chi connectivity index (χ3v) is 7.35. The van der Waals surface area contributed by atoms with Gasteiger partial charge in [-0.25, -0.2) is 4.79 Å². The van der Waals surface area contributed by atoms with Crippen LogP contribution in [0.25, 0.3) is 6.08 Å². The quantitative estimate of drug-likeness (QED) is 0.154. The van der Waals surface area contributed by atoms with Gasteiger partial charge in [0.15, 0.2) is 0 Å². The Morgan fingerprint density at radius 1 is 0.927 bits per heavy atom. The highest BCUT2D eigenvalue weighted by atomic mass is 32.2. The molecule has 1 aliphatic heterocycles. The molecule has 3 amide bonds. The lowest BCUT2D eigenvalue weighted by atomic mass is 10.1. The van der Waals surface area contributed by atoms with Gasteiger partial charge in [0, 0.05) is 18.5 Å². The first-order valence-electron chi connectivity index (χ1n) is 12.6. The topological polar surface area (TPSA) is 114 Å². The lowest BCUT2D eigenvalue weighted by Crippen LogP contribution is -2.41. The second-order valence-corrected chi connectivity index (χ2v) is 10.5. The number of hydrogen-bond donors (Lipinski definition) is 2. The SMILES string of the molecule is COC(=O)c1ccc(/C=C2\SC(=S)N(CCCC(=O)NNC(=O)c3ccc(OCc4ccccc4)cc3)C2=O)cc1. The highest BCUT2D eigenvalue weighted by molar-refractivity contribution is 8.26. The minimum atomic E-state index is -0.463. The first-order chi connectivity index (χ1) is 19.8. The van der Waals surface area contributed by atoms with E-state index in [1.165, 1.54) is 23.8 Å². The van der Waals surface area contributed by atoms with Gasteiger partial charge >= 0.3 is 5.97 Å². The average molecular weight is 590 g/mol. The Balaban J connectivity index is 1.19. The number of benzene rings is 3. The van der Waals surface area contributed by atoms with Gasteiger partial charge in [-0.05, 0) is 60.0 Å². The molecule has 0 aromatic heterocycles. The van der Waals surface area contributed by atoms with Gasteiger partial charge in [-0.1, -0.05) is 66.4 Å². The number of thioether (sulfide) groups is 1. The van der Waals surface area contributed by atoms with Gasteiger partial charge in [0.05, 0.1) is 17.6 Å². The summed E-state index contributed by atoms with van der Waals surface area (Å²) in [5.41, 5.74) is 7.33. The van der Waals surface area contributed by atoms with Crippen LogP contribution < -0.4 is 15.6 Å². The van der Waals surface area contributed by atoms with Crippen molar-refractivity contribution < 1.29 is 28.7 Å². The minimum absolute atomic E-state index is 0.0810. The number of rotatable bonds is 10. The maximum atomic E-state index is 12.8. The normalized spacial score (nSPS) is 13.7. The lowest BCUT2D eigenvalue weighted by Gasteiger charge is -2.14. The van der Waals surface area contributed by atoms with Crippen molar-refractivity contribution in [3.05, 3.63) is 106 Å². The maximum absolute atomic E-state index is 12.8. The molecule has 0 aliphatic carbocycles. The highest BCUT2D eigenvalue weighted by Crippen LogP contribution is 2.32. The van der Waals surface area contributed by atoms with Gasteiger partial charge in [-0.2, -0.15) is 0 Å². The van der Waals surface area contributed by atoms with E-state index in [1.807, 2.05) is 30.3 Å². The number of carbonyl (C=O) groups excluding carboxylic acids is 4. The number of nitrogens with one attached hydrogen (secondary N) is 2. The van der Waals surface area contributed by atoms with E-state index < -0.39 is 17.8 Å². The molecular weight excluding hydrogens is 562 g/mol. The van der Waals surface area contributed by atoms with Crippen LogP contribution in [0.5, 0.6) is 5.75 Å². The molecule has 3 aromatic rings. The zero-order valence-corrected chi connectivity index (χ0v) is 23.8. The monoisotopic (exact) mass is 589 g/mol. The molecule has 2 N–H and O–H groups in total. The van der Waals surface area contributed by atoms with Crippen LogP contribution in [0.15, 0.2) is 83.8 Å². The van der Waals surface area contributed by atoms with Crippen molar-refractivity contribution in [2.75, 3.05) is 13.7 Å². The Hall–Kier alpha value is -4.48. The summed E-state index contributed by atoms with van der Waals surface area (Å²) in [6.45, 7) is 0.674. The molecule has 11 heteroatoms. The van der Waals surface area contributed by atoms with Gasteiger partial charge < -0.3 is 9.47 Å². The van der Waals surface area contributed by atoms with E-state index in [1.54, 1.807) is 54.6 Å². The summed E-state index contributed by atoms with van der Waals surface area (Å²) in [5, 5.41) is 0. The molecule has 0 radical (unpaired) electrons. The van der Waals surface area contributed by atoms with E-state index in [9.17, 15) is 19.2 Å². The largest absolute Gasteiger partial charge is 0.489 e. The first kappa shape index (κ1) is 29.5. The number of nitrogens with zero attached hydrogens (tertiary/aromatic N) is 1. The van der Waals surface area contributed by atoms with Crippen molar-refractivity contribution in [1.82, 2.24) is 15.8 Å². The Labute approximate surface area is 246 Å². The van der Waals surface area contributed by atoms with Gasteiger partial charge in [0.2, 0.25) is 5.91 Å². The zero-order valence-electron chi connectivity index (χ0n) is 22.1. The summed E-state index contributed by atoms with van der Waals surface area (Å²) in [5.74, 6) is -0.925. The van der Waals surface area contributed by atoms with Crippen molar-refractivity contribution in [2.45, 2.75) is 19.4 Å². The Morgan fingerprint density at radius 2 is 1.61 bits per heavy atom. The number of esters is 1. The lowest BCUT2D eigenvalue weighted by molar-refractivity contribution is -0.124. The summed E-state index contributed by atoms with van der Waals surface area (Å²) in [4.78, 5) is 51.0. The molecule has 3 aromatic carbocycles. The third kappa shape index (κ3) is 8.26. The van der Waals surface area contributed by atoms with Crippen LogP contribution in [-0.2, 0) is 20.9 Å². The van der Waals surface area contributed by atoms with Crippen LogP contribution in [0.1, 0.15) is 44.7 Å². The van der Waals surface area contributed by atoms with E-state index in [4.69, 9.17) is 17.0 Å². The third-order valence-electron chi connectivity index (χ3n) is 5.97. The summed E-state index contributed by atoms with van der Waals surface area (Å²) in [7, 11) is 1.31. The van der Waals surface area contributed by atoms with Gasteiger partial charge in [-0.3, -0.25) is 30.1 Å². The molecule has 1 fully saturated rings. The smallest absolute Gasteiger partial charge is 0.337 e. The minimum Gasteiger partial charge on any atom is -0.489 e. The van der Waals surface area contributed by atoms with Crippen molar-refractivity contribution in [3.8, 4) is 5.75 Å². The fraction of sp³-hybridized carbons (Fsp3) is 0.167. The fourth-order valence-electron chi connectivity index (χ4n) is 3.78. The van der Waals surface area contributed by atoms with Crippen LogP contribution in [0, 0.1) is 0 Å². The standard InChI is InChI=1S/C30H27N3O6S2/c1-38-29(37)23-11-9-20(10-12-23)18-25-28(36)33(30(40)41-25)17-5-8-26(34)31-32-27(35)22-13-15-24(16-14-22)39-19-21-6-3-2-4-7-21/h2-4,6-7,9-16,18H,5,8,17,19H2,1H3,(H,31,34)(H,32,35)/b25-18-. The number of hydrogen-bond acceptors (Lipinski definition) is 8. The summed E-state index contributed by atoms with van der Waals surface area (Å²) < 4.78 is 10.8. The molecular formula is C30H27N3O6S2. The molecule has 1 heterocycles. The number of methoxy groups -OCH3 is 1. The van der Waals surface area contributed by atoms with Gasteiger partial charge in [0.25, 0.3) is 11.8 Å². The second-order valence-electron chi connectivity index (χ2n) is 8.85. The predicted octanol–water partition coefficient (Wildman–Crippen LogP) is 4.49. The highest BCUT2D eigenvalue weighted by Gasteiger charge is 2.31. The van der Waals surface area contributed by atoms with Crippen molar-refractivity contribution >= 4 is 58.1 Å². The molecule has 0 saturated carbocycles. The summed E-state index contributed by atoms with van der Waals surface area (Å²) in [6.07, 6.45) is 2.13. The fourth-order valence-corrected chi connectivity index (χ4v) is 5.09. The molecule has 41 heavy (non-hydrogen) atoms. The molecule has 4 rings (SSSR count). The molecule has 0 spiro atoms. The Kier molecular flexibility index (Phi) is 10.2. The number of ether oxygens (including phenoxy) is 2. The van der Waals surface area contributed by atoms with Crippen molar-refractivity contribution in [1.29, 1.82) is 0 Å². The molecule has 210 valence electrons. The van der Waals surface area contributed by atoms with Crippen LogP contribution in [0.4, 0.5) is 0 Å². The van der Waals surface area contributed by atoms with Crippen molar-refractivity contribution in [2.24, 2.45) is 0 Å². The van der Waals surface area contributed by atoms with Crippen LogP contribution in [-0.4, -0.2) is 46.6 Å². The molecule has 9 nitrogen and oxygen atoms in total. The average Bonchev–Trinajstić information content (AvgIpc) is 3.26. The van der Waals surface area contributed by atoms with E-state index in [0.717, 1.165) is 11.1 Å². The van der Waals surface area contributed by atoms with Crippen LogP contribution in [0.2, 0.25) is 0 Å². The summed E-state index contributed by atoms with van der Waals surface area (Å²) in [6, 6.07) is 23.0. The molecule has 0 bridgehead atoms. The molecule has 1 aliphatic rings. The van der Waals surface area contributed by atoms with Gasteiger partial charge in [-0.15, -0.1) is 0 Å². The molecule has 0 atom stereocenters. The number of hydrazine groups is 1. The molecule has 1 saturated heterocycles. The van der Waals surface area contributed by atoms with Crippen LogP contribution >= 0.6 is 24.0 Å². The zero-order chi connectivity index (χ0) is 29.2. The maximum Gasteiger partial charge on any atom is 0.337 e. The van der Waals surface area contributed by atoms with Gasteiger partial charge in [0.1, 0.15) is 16.7 Å². The molecule has 0 unspecified atom stereocenters. The van der Waals surface area contributed by atoms with E-state index in [2.05, 4.69) is 15.6 Å². The Morgan fingerprint density at radius 3 is 2.29 bits per heavy atom. The first-order valence-corrected chi connectivity index (χ1v) is 13.9. The predicted molar refractivity (Wildman–Crippen MR) is 160 cm³/mol. The number of thiocarbonyl (C=S) groups is 1.